The number of hydrogen-bond donors (Lipinski definition) is 1. The van der Waals surface area contributed by atoms with Gasteiger partial charge in [0, 0.05) is 19.7 Å². The van der Waals surface area contributed by atoms with Gasteiger partial charge in [0.1, 0.15) is 0 Å². The molecule has 0 rings (SSSR count). The molecule has 0 radical (unpaired) electrons. The van der Waals surface area contributed by atoms with Crippen molar-refractivity contribution in [3.8, 4) is 0 Å². The van der Waals surface area contributed by atoms with Gasteiger partial charge in [0.2, 0.25) is 0 Å². The lowest BCUT2D eigenvalue weighted by Crippen LogP contribution is -2.32. The number of aliphatic hydroxyl groups is 1. The molecule has 0 aromatic heterocycles. The van der Waals surface area contributed by atoms with Crippen molar-refractivity contribution in [3.05, 3.63) is 0 Å². The van der Waals surface area contributed by atoms with Gasteiger partial charge in [-0.3, -0.25) is 0 Å². The van der Waals surface area contributed by atoms with E-state index in [-0.39, 0.29) is 0 Å². The van der Waals surface area contributed by atoms with Crippen LogP contribution in [0, 0.1) is 11.8 Å². The minimum atomic E-state index is 0.349. The summed E-state index contributed by atoms with van der Waals surface area (Å²) < 4.78 is 0. The second-order valence-corrected chi connectivity index (χ2v) is 5.69. The highest BCUT2D eigenvalue weighted by Crippen LogP contribution is 2.07. The van der Waals surface area contributed by atoms with Crippen molar-refractivity contribution in [2.75, 3.05) is 26.2 Å². The number of aliphatic hydroxyl groups excluding tert-OH is 1. The van der Waals surface area contributed by atoms with Crippen molar-refractivity contribution >= 4 is 0 Å². The third-order valence-corrected chi connectivity index (χ3v) is 2.63. The SMILES string of the molecule is CC(C)CN(CCCCCCO)CC(C)C. The Kier molecular flexibility index (Phi) is 10.0. The zero-order valence-electron chi connectivity index (χ0n) is 11.7. The Morgan fingerprint density at radius 2 is 1.31 bits per heavy atom. The molecule has 0 aliphatic rings. The van der Waals surface area contributed by atoms with Crippen LogP contribution in [0.2, 0.25) is 0 Å². The maximum atomic E-state index is 8.70. The second kappa shape index (κ2) is 10.1. The summed E-state index contributed by atoms with van der Waals surface area (Å²) in [5.41, 5.74) is 0. The van der Waals surface area contributed by atoms with Crippen LogP contribution in [-0.4, -0.2) is 36.2 Å². The summed E-state index contributed by atoms with van der Waals surface area (Å²) in [5.74, 6) is 1.52. The molecule has 16 heavy (non-hydrogen) atoms. The maximum absolute atomic E-state index is 8.70. The van der Waals surface area contributed by atoms with Gasteiger partial charge in [0.15, 0.2) is 0 Å². The van der Waals surface area contributed by atoms with Crippen LogP contribution in [0.1, 0.15) is 53.4 Å². The van der Waals surface area contributed by atoms with Crippen molar-refractivity contribution < 1.29 is 5.11 Å². The topological polar surface area (TPSA) is 23.5 Å². The largest absolute Gasteiger partial charge is 0.396 e. The highest BCUT2D eigenvalue weighted by Gasteiger charge is 2.08. The van der Waals surface area contributed by atoms with E-state index in [1.54, 1.807) is 0 Å². The average molecular weight is 229 g/mol. The molecule has 0 fully saturated rings. The third kappa shape index (κ3) is 10.4. The van der Waals surface area contributed by atoms with Crippen LogP contribution in [-0.2, 0) is 0 Å². The minimum absolute atomic E-state index is 0.349. The number of rotatable bonds is 10. The Labute approximate surface area is 102 Å². The molecule has 0 aromatic rings. The van der Waals surface area contributed by atoms with Crippen LogP contribution in [0.5, 0.6) is 0 Å². The van der Waals surface area contributed by atoms with Crippen LogP contribution in [0.3, 0.4) is 0 Å². The molecule has 1 N–H and O–H groups in total. The van der Waals surface area contributed by atoms with Crippen molar-refractivity contribution in [2.45, 2.75) is 53.4 Å². The van der Waals surface area contributed by atoms with Crippen molar-refractivity contribution in [1.29, 1.82) is 0 Å². The molecular formula is C14H31NO. The zero-order chi connectivity index (χ0) is 12.4. The smallest absolute Gasteiger partial charge is 0.0431 e. The number of hydrogen-bond acceptors (Lipinski definition) is 2. The highest BCUT2D eigenvalue weighted by atomic mass is 16.2. The molecule has 0 spiro atoms. The molecule has 2 nitrogen and oxygen atoms in total. The second-order valence-electron chi connectivity index (χ2n) is 5.69. The molecule has 0 aliphatic carbocycles. The van der Waals surface area contributed by atoms with Crippen LogP contribution in [0.4, 0.5) is 0 Å². The molecule has 0 saturated carbocycles. The summed E-state index contributed by atoms with van der Waals surface area (Å²) in [6.45, 7) is 13.2. The Hall–Kier alpha value is -0.0800. The zero-order valence-corrected chi connectivity index (χ0v) is 11.7. The number of nitrogens with zero attached hydrogens (tertiary/aromatic N) is 1. The first kappa shape index (κ1) is 15.9. The molecule has 0 aromatic carbocycles. The van der Waals surface area contributed by atoms with E-state index in [4.69, 9.17) is 5.11 Å². The molecule has 0 atom stereocenters. The first-order valence-corrected chi connectivity index (χ1v) is 6.89. The van der Waals surface area contributed by atoms with Gasteiger partial charge < -0.3 is 10.0 Å². The van der Waals surface area contributed by atoms with E-state index in [2.05, 4.69) is 32.6 Å². The van der Waals surface area contributed by atoms with Gasteiger partial charge in [0.05, 0.1) is 0 Å². The lowest BCUT2D eigenvalue weighted by atomic mass is 10.1. The Balaban J connectivity index is 3.65. The van der Waals surface area contributed by atoms with Crippen LogP contribution in [0.25, 0.3) is 0 Å². The summed E-state index contributed by atoms with van der Waals surface area (Å²) in [6, 6.07) is 0. The van der Waals surface area contributed by atoms with Gasteiger partial charge in [-0.2, -0.15) is 0 Å². The quantitative estimate of drug-likeness (QED) is 0.582. The standard InChI is InChI=1S/C14H31NO/c1-13(2)11-15(12-14(3)4)9-7-5-6-8-10-16/h13-14,16H,5-12H2,1-4H3. The molecule has 0 saturated heterocycles. The normalized spacial score (nSPS) is 12.0. The van der Waals surface area contributed by atoms with Crippen LogP contribution < -0.4 is 0 Å². The fourth-order valence-electron chi connectivity index (χ4n) is 2.09. The molecule has 0 aliphatic heterocycles. The molecule has 0 amide bonds. The van der Waals surface area contributed by atoms with E-state index in [1.807, 2.05) is 0 Å². The van der Waals surface area contributed by atoms with E-state index >= 15 is 0 Å². The maximum Gasteiger partial charge on any atom is 0.0431 e. The Bertz CT molecular complexity index is 136. The monoisotopic (exact) mass is 229 g/mol. The molecule has 2 heteroatoms. The average Bonchev–Trinajstić information content (AvgIpc) is 2.15. The van der Waals surface area contributed by atoms with Crippen molar-refractivity contribution in [1.82, 2.24) is 4.90 Å². The summed E-state index contributed by atoms with van der Waals surface area (Å²) in [4.78, 5) is 2.59. The van der Waals surface area contributed by atoms with Gasteiger partial charge in [-0.05, 0) is 31.2 Å². The van der Waals surface area contributed by atoms with E-state index in [9.17, 15) is 0 Å². The molecule has 0 unspecified atom stereocenters. The predicted molar refractivity (Wildman–Crippen MR) is 71.7 cm³/mol. The summed E-state index contributed by atoms with van der Waals surface area (Å²) in [7, 11) is 0. The van der Waals surface area contributed by atoms with E-state index < -0.39 is 0 Å². The highest BCUT2D eigenvalue weighted by molar-refractivity contribution is 4.62. The van der Waals surface area contributed by atoms with Crippen molar-refractivity contribution in [2.24, 2.45) is 11.8 Å². The van der Waals surface area contributed by atoms with E-state index in [1.165, 1.54) is 38.9 Å². The lowest BCUT2D eigenvalue weighted by molar-refractivity contribution is 0.213. The first-order valence-electron chi connectivity index (χ1n) is 6.89. The van der Waals surface area contributed by atoms with Gasteiger partial charge in [0.25, 0.3) is 0 Å². The van der Waals surface area contributed by atoms with Crippen molar-refractivity contribution in [3.63, 3.8) is 0 Å². The van der Waals surface area contributed by atoms with E-state index in [0.29, 0.717) is 6.61 Å². The third-order valence-electron chi connectivity index (χ3n) is 2.63. The summed E-state index contributed by atoms with van der Waals surface area (Å²) >= 11 is 0. The molecule has 0 heterocycles. The number of unbranched alkanes of at least 4 members (excludes halogenated alkanes) is 3. The van der Waals surface area contributed by atoms with Gasteiger partial charge in [-0.25, -0.2) is 0 Å². The lowest BCUT2D eigenvalue weighted by Gasteiger charge is -2.26. The van der Waals surface area contributed by atoms with Gasteiger partial charge >= 0.3 is 0 Å². The molecular weight excluding hydrogens is 198 g/mol. The summed E-state index contributed by atoms with van der Waals surface area (Å²) in [5, 5.41) is 8.70. The predicted octanol–water partition coefficient (Wildman–Crippen LogP) is 3.15. The van der Waals surface area contributed by atoms with Crippen LogP contribution in [0.15, 0.2) is 0 Å². The Morgan fingerprint density at radius 1 is 0.812 bits per heavy atom. The van der Waals surface area contributed by atoms with Crippen LogP contribution >= 0.6 is 0 Å². The van der Waals surface area contributed by atoms with E-state index in [0.717, 1.165) is 18.3 Å². The minimum Gasteiger partial charge on any atom is -0.396 e. The summed E-state index contributed by atoms with van der Waals surface area (Å²) in [6.07, 6.45) is 4.68. The Morgan fingerprint density at radius 3 is 1.75 bits per heavy atom. The molecule has 0 bridgehead atoms. The molecule has 98 valence electrons. The fourth-order valence-corrected chi connectivity index (χ4v) is 2.09. The first-order chi connectivity index (χ1) is 7.56. The van der Waals surface area contributed by atoms with Gasteiger partial charge in [-0.15, -0.1) is 0 Å². The fraction of sp³-hybridized carbons (Fsp3) is 1.00. The van der Waals surface area contributed by atoms with Gasteiger partial charge in [-0.1, -0.05) is 40.5 Å².